The van der Waals surface area contributed by atoms with Gasteiger partial charge in [0.2, 0.25) is 17.7 Å². The topological polar surface area (TPSA) is 82.3 Å². The molecular formula is C27H28ClN3O3. The number of nitrogens with zero attached hydrogens (tertiary/aromatic N) is 1. The van der Waals surface area contributed by atoms with Crippen LogP contribution in [0.5, 0.6) is 0 Å². The van der Waals surface area contributed by atoms with Crippen LogP contribution in [0.25, 0.3) is 10.9 Å². The summed E-state index contributed by atoms with van der Waals surface area (Å²) in [6.45, 7) is 0.498. The van der Waals surface area contributed by atoms with Gasteiger partial charge < -0.3 is 10.3 Å². The fourth-order valence-corrected chi connectivity index (χ4v) is 5.76. The van der Waals surface area contributed by atoms with E-state index in [9.17, 15) is 14.4 Å². The average Bonchev–Trinajstić information content (AvgIpc) is 3.38. The minimum absolute atomic E-state index is 0.0973. The number of benzene rings is 2. The van der Waals surface area contributed by atoms with Gasteiger partial charge >= 0.3 is 0 Å². The monoisotopic (exact) mass is 477 g/mol. The van der Waals surface area contributed by atoms with Crippen LogP contribution in [0.2, 0.25) is 5.02 Å². The number of amides is 3. The number of likely N-dealkylation sites (tertiary alicyclic amines) is 1. The lowest BCUT2D eigenvalue weighted by molar-refractivity contribution is -0.140. The third-order valence-electron chi connectivity index (χ3n) is 7.28. The van der Waals surface area contributed by atoms with Crippen molar-refractivity contribution in [2.45, 2.75) is 38.0 Å². The Hall–Kier alpha value is -3.12. The molecule has 0 spiro atoms. The lowest BCUT2D eigenvalue weighted by Crippen LogP contribution is -2.36. The highest BCUT2D eigenvalue weighted by Gasteiger charge is 2.47. The fraction of sp³-hybridized carbons (Fsp3) is 0.370. The van der Waals surface area contributed by atoms with E-state index < -0.39 is 0 Å². The van der Waals surface area contributed by atoms with E-state index in [-0.39, 0.29) is 48.4 Å². The number of imide groups is 1. The van der Waals surface area contributed by atoms with Gasteiger partial charge in [0.15, 0.2) is 0 Å². The standard InChI is InChI=1S/C27H28ClN3O3/c28-23-11-5-3-7-17(23)21(22-15-29-24-12-6-4-8-18(22)24)16-30-25(32)13-14-31-26(33)19-9-1-2-10-20(19)27(31)34/h3-8,11-12,15,19-21,29H,1-2,9-10,13-14,16H2,(H,30,32). The number of para-hydroxylation sites is 1. The number of nitrogens with one attached hydrogen (secondary N) is 2. The second kappa shape index (κ2) is 9.63. The van der Waals surface area contributed by atoms with Gasteiger partial charge in [0.1, 0.15) is 0 Å². The number of carbonyl (C=O) groups excluding carboxylic acids is 3. The first-order valence-electron chi connectivity index (χ1n) is 12.0. The number of hydrogen-bond donors (Lipinski definition) is 2. The minimum atomic E-state index is -0.188. The molecule has 1 saturated carbocycles. The summed E-state index contributed by atoms with van der Waals surface area (Å²) in [4.78, 5) is 42.8. The van der Waals surface area contributed by atoms with E-state index >= 15 is 0 Å². The predicted octanol–water partition coefficient (Wildman–Crippen LogP) is 4.63. The molecule has 2 aromatic carbocycles. The number of fused-ring (bicyclic) bond motifs is 2. The Bertz CT molecular complexity index is 1210. The van der Waals surface area contributed by atoms with Gasteiger partial charge in [-0.1, -0.05) is 60.8 Å². The number of aromatic amines is 1. The zero-order valence-corrected chi connectivity index (χ0v) is 19.7. The van der Waals surface area contributed by atoms with Gasteiger partial charge in [0.05, 0.1) is 11.8 Å². The van der Waals surface area contributed by atoms with E-state index in [0.717, 1.165) is 47.7 Å². The van der Waals surface area contributed by atoms with Gasteiger partial charge in [-0.3, -0.25) is 19.3 Å². The van der Waals surface area contributed by atoms with Crippen molar-refractivity contribution in [1.82, 2.24) is 15.2 Å². The molecule has 1 aliphatic heterocycles. The zero-order valence-electron chi connectivity index (χ0n) is 18.9. The van der Waals surface area contributed by atoms with Gasteiger partial charge in [-0.15, -0.1) is 0 Å². The summed E-state index contributed by atoms with van der Waals surface area (Å²) in [5.74, 6) is -0.906. The second-order valence-corrected chi connectivity index (χ2v) is 9.65. The van der Waals surface area contributed by atoms with E-state index in [1.54, 1.807) is 0 Å². The number of carbonyl (C=O) groups is 3. The maximum Gasteiger partial charge on any atom is 0.233 e. The van der Waals surface area contributed by atoms with Crippen molar-refractivity contribution in [2.75, 3.05) is 13.1 Å². The molecule has 3 unspecified atom stereocenters. The molecule has 1 aliphatic carbocycles. The van der Waals surface area contributed by atoms with Gasteiger partial charge in [-0.2, -0.15) is 0 Å². The summed E-state index contributed by atoms with van der Waals surface area (Å²) < 4.78 is 0. The number of rotatable bonds is 7. The molecule has 3 amide bonds. The third kappa shape index (κ3) is 4.23. The van der Waals surface area contributed by atoms with Crippen molar-refractivity contribution in [3.63, 3.8) is 0 Å². The predicted molar refractivity (Wildman–Crippen MR) is 131 cm³/mol. The van der Waals surface area contributed by atoms with E-state index in [4.69, 9.17) is 11.6 Å². The van der Waals surface area contributed by atoms with E-state index in [2.05, 4.69) is 16.4 Å². The van der Waals surface area contributed by atoms with E-state index in [1.165, 1.54) is 4.90 Å². The van der Waals surface area contributed by atoms with Crippen molar-refractivity contribution in [3.8, 4) is 0 Å². The molecule has 1 aromatic heterocycles. The van der Waals surface area contributed by atoms with Gasteiger partial charge in [-0.25, -0.2) is 0 Å². The molecule has 6 nitrogen and oxygen atoms in total. The third-order valence-corrected chi connectivity index (χ3v) is 7.62. The Morgan fingerprint density at radius 3 is 2.41 bits per heavy atom. The van der Waals surface area contributed by atoms with Crippen LogP contribution in [0.4, 0.5) is 0 Å². The van der Waals surface area contributed by atoms with Gasteiger partial charge in [0, 0.05) is 47.6 Å². The lowest BCUT2D eigenvalue weighted by Gasteiger charge is -2.20. The highest BCUT2D eigenvalue weighted by atomic mass is 35.5. The molecule has 7 heteroatoms. The Kier molecular flexibility index (Phi) is 6.42. The molecule has 3 atom stereocenters. The van der Waals surface area contributed by atoms with Crippen LogP contribution < -0.4 is 5.32 Å². The Balaban J connectivity index is 1.28. The quantitative estimate of drug-likeness (QED) is 0.486. The molecule has 2 heterocycles. The fourth-order valence-electron chi connectivity index (χ4n) is 5.50. The summed E-state index contributed by atoms with van der Waals surface area (Å²) in [5, 5.41) is 4.74. The molecular weight excluding hydrogens is 450 g/mol. The van der Waals surface area contributed by atoms with Crippen molar-refractivity contribution >= 4 is 40.2 Å². The lowest BCUT2D eigenvalue weighted by atomic mass is 9.81. The molecule has 1 saturated heterocycles. The summed E-state index contributed by atoms with van der Waals surface area (Å²) in [6, 6.07) is 15.7. The number of aromatic nitrogens is 1. The van der Waals surface area contributed by atoms with Crippen LogP contribution in [0.15, 0.2) is 54.7 Å². The maximum absolute atomic E-state index is 12.8. The zero-order chi connectivity index (χ0) is 23.7. The molecule has 3 aromatic rings. The molecule has 0 bridgehead atoms. The highest BCUT2D eigenvalue weighted by Crippen LogP contribution is 2.38. The molecule has 2 aliphatic rings. The average molecular weight is 478 g/mol. The molecule has 0 radical (unpaired) electrons. The van der Waals surface area contributed by atoms with Crippen LogP contribution in [0.3, 0.4) is 0 Å². The summed E-state index contributed by atoms with van der Waals surface area (Å²) in [5.41, 5.74) is 3.01. The first-order valence-corrected chi connectivity index (χ1v) is 12.3. The molecule has 2 fully saturated rings. The molecule has 5 rings (SSSR count). The van der Waals surface area contributed by atoms with Gasteiger partial charge in [-0.05, 0) is 36.1 Å². The Labute approximate surface area is 203 Å². The molecule has 176 valence electrons. The van der Waals surface area contributed by atoms with Crippen LogP contribution in [0.1, 0.15) is 49.1 Å². The van der Waals surface area contributed by atoms with Crippen molar-refractivity contribution < 1.29 is 14.4 Å². The summed E-state index contributed by atoms with van der Waals surface area (Å²) >= 11 is 6.54. The number of halogens is 1. The van der Waals surface area contributed by atoms with Crippen molar-refractivity contribution in [1.29, 1.82) is 0 Å². The first-order chi connectivity index (χ1) is 16.5. The maximum atomic E-state index is 12.8. The number of H-pyrrole nitrogens is 1. The van der Waals surface area contributed by atoms with E-state index in [0.29, 0.717) is 11.6 Å². The normalized spacial score (nSPS) is 21.0. The minimum Gasteiger partial charge on any atom is -0.361 e. The summed E-state index contributed by atoms with van der Waals surface area (Å²) in [6.07, 6.45) is 5.61. The smallest absolute Gasteiger partial charge is 0.233 e. The van der Waals surface area contributed by atoms with Crippen molar-refractivity contribution in [2.24, 2.45) is 11.8 Å². The Morgan fingerprint density at radius 1 is 1.00 bits per heavy atom. The highest BCUT2D eigenvalue weighted by molar-refractivity contribution is 6.31. The molecule has 2 N–H and O–H groups in total. The SMILES string of the molecule is O=C(CCN1C(=O)C2CCCCC2C1=O)NCC(c1ccccc1Cl)c1c[nH]c2ccccc12. The summed E-state index contributed by atoms with van der Waals surface area (Å²) in [7, 11) is 0. The first kappa shape index (κ1) is 22.7. The second-order valence-electron chi connectivity index (χ2n) is 9.24. The van der Waals surface area contributed by atoms with Crippen LogP contribution in [-0.4, -0.2) is 40.7 Å². The van der Waals surface area contributed by atoms with E-state index in [1.807, 2.05) is 48.7 Å². The van der Waals surface area contributed by atoms with Crippen molar-refractivity contribution in [3.05, 3.63) is 70.9 Å². The van der Waals surface area contributed by atoms with Gasteiger partial charge in [0.25, 0.3) is 0 Å². The largest absolute Gasteiger partial charge is 0.361 e. The van der Waals surface area contributed by atoms with Crippen LogP contribution in [-0.2, 0) is 14.4 Å². The van der Waals surface area contributed by atoms with Crippen LogP contribution >= 0.6 is 11.6 Å². The molecule has 34 heavy (non-hydrogen) atoms. The number of hydrogen-bond acceptors (Lipinski definition) is 3. The van der Waals surface area contributed by atoms with Crippen LogP contribution in [0, 0.1) is 11.8 Å². The Morgan fingerprint density at radius 2 is 1.68 bits per heavy atom.